The van der Waals surface area contributed by atoms with Crippen LogP contribution in [-0.4, -0.2) is 32.4 Å². The zero-order valence-corrected chi connectivity index (χ0v) is 17.4. The number of piperidine rings is 1. The van der Waals surface area contributed by atoms with Crippen LogP contribution >= 0.6 is 0 Å². The standard InChI is InChI=1S/C24H25N5O/c1-17-21-16-26-29(22-11-4-5-12-25-22)24(30)23(21)18(2)28(17)20-10-8-9-19(15-20)27-13-6-3-7-14-27/h4-5,8-12,15-16H,3,6-7,13-14H2,1-2H3. The summed E-state index contributed by atoms with van der Waals surface area (Å²) in [6, 6.07) is 14.1. The summed E-state index contributed by atoms with van der Waals surface area (Å²) in [5.41, 5.74) is 4.13. The molecule has 0 saturated carbocycles. The molecule has 1 aromatic carbocycles. The second-order valence-electron chi connectivity index (χ2n) is 7.91. The predicted molar refractivity (Wildman–Crippen MR) is 120 cm³/mol. The van der Waals surface area contributed by atoms with E-state index in [4.69, 9.17) is 0 Å². The van der Waals surface area contributed by atoms with E-state index in [1.54, 1.807) is 18.5 Å². The van der Waals surface area contributed by atoms with Gasteiger partial charge in [-0.15, -0.1) is 0 Å². The molecule has 1 saturated heterocycles. The zero-order chi connectivity index (χ0) is 20.7. The molecule has 1 aliphatic heterocycles. The number of rotatable bonds is 3. The molecular formula is C24H25N5O. The van der Waals surface area contributed by atoms with Gasteiger partial charge in [-0.3, -0.25) is 4.79 Å². The van der Waals surface area contributed by atoms with Gasteiger partial charge in [0.1, 0.15) is 0 Å². The Balaban J connectivity index is 1.66. The first-order valence-corrected chi connectivity index (χ1v) is 10.5. The third-order valence-electron chi connectivity index (χ3n) is 6.08. The Kier molecular flexibility index (Phi) is 4.62. The Labute approximate surface area is 175 Å². The van der Waals surface area contributed by atoms with Crippen LogP contribution in [0.2, 0.25) is 0 Å². The first-order valence-electron chi connectivity index (χ1n) is 10.5. The Morgan fingerprint density at radius 3 is 2.47 bits per heavy atom. The molecule has 0 unspecified atom stereocenters. The van der Waals surface area contributed by atoms with Crippen molar-refractivity contribution in [1.29, 1.82) is 0 Å². The number of benzene rings is 1. The highest BCUT2D eigenvalue weighted by molar-refractivity contribution is 5.88. The summed E-state index contributed by atoms with van der Waals surface area (Å²) in [6.45, 7) is 6.27. The molecule has 0 radical (unpaired) electrons. The van der Waals surface area contributed by atoms with Crippen molar-refractivity contribution >= 4 is 16.5 Å². The molecule has 3 aromatic heterocycles. The van der Waals surface area contributed by atoms with E-state index in [1.165, 1.54) is 29.6 Å². The van der Waals surface area contributed by atoms with Gasteiger partial charge < -0.3 is 9.47 Å². The van der Waals surface area contributed by atoms with Gasteiger partial charge in [0.15, 0.2) is 5.82 Å². The smallest absolute Gasteiger partial charge is 0.282 e. The lowest BCUT2D eigenvalue weighted by molar-refractivity contribution is 0.578. The van der Waals surface area contributed by atoms with Gasteiger partial charge in [-0.1, -0.05) is 12.1 Å². The molecule has 0 bridgehead atoms. The number of aryl methyl sites for hydroxylation is 2. The predicted octanol–water partition coefficient (Wildman–Crippen LogP) is 4.18. The molecule has 6 heteroatoms. The normalized spacial score (nSPS) is 14.4. The van der Waals surface area contributed by atoms with Crippen molar-refractivity contribution < 1.29 is 0 Å². The lowest BCUT2D eigenvalue weighted by Gasteiger charge is -2.29. The van der Waals surface area contributed by atoms with Gasteiger partial charge in [-0.2, -0.15) is 9.78 Å². The third kappa shape index (κ3) is 3.00. The number of anilines is 1. The average molecular weight is 399 g/mol. The van der Waals surface area contributed by atoms with E-state index < -0.39 is 0 Å². The molecule has 6 nitrogen and oxygen atoms in total. The topological polar surface area (TPSA) is 56.0 Å². The van der Waals surface area contributed by atoms with Crippen molar-refractivity contribution in [3.63, 3.8) is 0 Å². The molecule has 152 valence electrons. The molecule has 4 heterocycles. The minimum absolute atomic E-state index is 0.141. The van der Waals surface area contributed by atoms with Gasteiger partial charge in [0.2, 0.25) is 0 Å². The van der Waals surface area contributed by atoms with Crippen LogP contribution < -0.4 is 10.5 Å². The van der Waals surface area contributed by atoms with Crippen LogP contribution in [0.25, 0.3) is 22.3 Å². The molecule has 0 atom stereocenters. The van der Waals surface area contributed by atoms with Crippen molar-refractivity contribution in [3.8, 4) is 11.5 Å². The van der Waals surface area contributed by atoms with Crippen molar-refractivity contribution in [2.45, 2.75) is 33.1 Å². The summed E-state index contributed by atoms with van der Waals surface area (Å²) in [5, 5.41) is 5.97. The van der Waals surface area contributed by atoms with E-state index in [2.05, 4.69) is 50.7 Å². The number of pyridine rings is 1. The largest absolute Gasteiger partial charge is 0.371 e. The van der Waals surface area contributed by atoms with Crippen molar-refractivity contribution in [2.75, 3.05) is 18.0 Å². The quantitative estimate of drug-likeness (QED) is 0.519. The summed E-state index contributed by atoms with van der Waals surface area (Å²) in [5.74, 6) is 0.529. The lowest BCUT2D eigenvalue weighted by atomic mass is 10.1. The summed E-state index contributed by atoms with van der Waals surface area (Å²) in [7, 11) is 0. The summed E-state index contributed by atoms with van der Waals surface area (Å²) in [4.78, 5) is 20.0. The fourth-order valence-corrected chi connectivity index (χ4v) is 4.57. The van der Waals surface area contributed by atoms with Crippen LogP contribution in [0.5, 0.6) is 0 Å². The molecule has 30 heavy (non-hydrogen) atoms. The highest BCUT2D eigenvalue weighted by Crippen LogP contribution is 2.29. The number of nitrogens with zero attached hydrogens (tertiary/aromatic N) is 5. The molecule has 1 fully saturated rings. The number of hydrogen-bond acceptors (Lipinski definition) is 4. The second kappa shape index (κ2) is 7.44. The average Bonchev–Trinajstić information content (AvgIpc) is 3.06. The fourth-order valence-electron chi connectivity index (χ4n) is 4.57. The minimum atomic E-state index is -0.141. The van der Waals surface area contributed by atoms with Gasteiger partial charge >= 0.3 is 0 Å². The highest BCUT2D eigenvalue weighted by atomic mass is 16.1. The van der Waals surface area contributed by atoms with Crippen LogP contribution in [0.4, 0.5) is 5.69 Å². The first kappa shape index (κ1) is 18.6. The third-order valence-corrected chi connectivity index (χ3v) is 6.08. The van der Waals surface area contributed by atoms with Gasteiger partial charge in [0, 0.05) is 47.4 Å². The lowest BCUT2D eigenvalue weighted by Crippen LogP contribution is -2.29. The van der Waals surface area contributed by atoms with Crippen molar-refractivity contribution in [3.05, 3.63) is 76.6 Å². The minimum Gasteiger partial charge on any atom is -0.371 e. The summed E-state index contributed by atoms with van der Waals surface area (Å²) in [6.07, 6.45) is 7.25. The molecular weight excluding hydrogens is 374 g/mol. The Morgan fingerprint density at radius 2 is 1.70 bits per heavy atom. The monoisotopic (exact) mass is 399 g/mol. The van der Waals surface area contributed by atoms with Crippen LogP contribution in [0.3, 0.4) is 0 Å². The number of hydrogen-bond donors (Lipinski definition) is 0. The van der Waals surface area contributed by atoms with E-state index in [0.29, 0.717) is 11.2 Å². The van der Waals surface area contributed by atoms with Crippen molar-refractivity contribution in [2.24, 2.45) is 0 Å². The van der Waals surface area contributed by atoms with E-state index in [0.717, 1.165) is 35.6 Å². The molecule has 0 spiro atoms. The Hall–Kier alpha value is -3.41. The number of fused-ring (bicyclic) bond motifs is 1. The molecule has 0 amide bonds. The Morgan fingerprint density at radius 1 is 0.900 bits per heavy atom. The Bertz CT molecular complexity index is 1270. The maximum atomic E-state index is 13.3. The van der Waals surface area contributed by atoms with Crippen LogP contribution in [-0.2, 0) is 0 Å². The molecule has 4 aromatic rings. The maximum Gasteiger partial charge on any atom is 0.282 e. The number of aromatic nitrogens is 4. The SMILES string of the molecule is Cc1c2cnn(-c3ccccn3)c(=O)c2c(C)n1-c1cccc(N2CCCCC2)c1. The van der Waals surface area contributed by atoms with Crippen LogP contribution in [0, 0.1) is 13.8 Å². The van der Waals surface area contributed by atoms with Crippen LogP contribution in [0.1, 0.15) is 30.7 Å². The van der Waals surface area contributed by atoms with E-state index in [1.807, 2.05) is 19.1 Å². The van der Waals surface area contributed by atoms with Crippen LogP contribution in [0.15, 0.2) is 59.7 Å². The van der Waals surface area contributed by atoms with Gasteiger partial charge in [0.05, 0.1) is 11.6 Å². The van der Waals surface area contributed by atoms with Gasteiger partial charge in [-0.25, -0.2) is 4.98 Å². The fraction of sp³-hybridized carbons (Fsp3) is 0.292. The molecule has 0 N–H and O–H groups in total. The van der Waals surface area contributed by atoms with Gasteiger partial charge in [-0.05, 0) is 63.4 Å². The van der Waals surface area contributed by atoms with Crippen molar-refractivity contribution in [1.82, 2.24) is 19.3 Å². The van der Waals surface area contributed by atoms with E-state index in [-0.39, 0.29) is 5.56 Å². The molecule has 5 rings (SSSR count). The molecule has 0 aliphatic carbocycles. The highest BCUT2D eigenvalue weighted by Gasteiger charge is 2.19. The second-order valence-corrected chi connectivity index (χ2v) is 7.91. The summed E-state index contributed by atoms with van der Waals surface area (Å²) >= 11 is 0. The maximum absolute atomic E-state index is 13.3. The zero-order valence-electron chi connectivity index (χ0n) is 17.4. The van der Waals surface area contributed by atoms with E-state index in [9.17, 15) is 4.79 Å². The molecule has 1 aliphatic rings. The summed E-state index contributed by atoms with van der Waals surface area (Å²) < 4.78 is 3.55. The van der Waals surface area contributed by atoms with E-state index >= 15 is 0 Å². The first-order chi connectivity index (χ1) is 14.6. The van der Waals surface area contributed by atoms with Gasteiger partial charge in [0.25, 0.3) is 5.56 Å².